The highest BCUT2D eigenvalue weighted by Gasteiger charge is 2.18. The van der Waals surface area contributed by atoms with Crippen molar-refractivity contribution >= 4 is 12.0 Å². The second-order valence-electron chi connectivity index (χ2n) is 5.21. The van der Waals surface area contributed by atoms with Crippen molar-refractivity contribution in [3.63, 3.8) is 0 Å². The van der Waals surface area contributed by atoms with Crippen LogP contribution in [0.1, 0.15) is 51.9 Å². The van der Waals surface area contributed by atoms with E-state index < -0.39 is 18.0 Å². The summed E-state index contributed by atoms with van der Waals surface area (Å²) in [5, 5.41) is 14.0. The average Bonchev–Trinajstić information content (AvgIpc) is 2.44. The van der Waals surface area contributed by atoms with Gasteiger partial charge in [0.05, 0.1) is 12.7 Å². The lowest BCUT2D eigenvalue weighted by Gasteiger charge is -2.22. The summed E-state index contributed by atoms with van der Waals surface area (Å²) in [5.74, 6) is -1.000. The number of amides is 2. The van der Waals surface area contributed by atoms with Crippen LogP contribution in [0.5, 0.6) is 0 Å². The van der Waals surface area contributed by atoms with Crippen molar-refractivity contribution in [3.8, 4) is 0 Å². The summed E-state index contributed by atoms with van der Waals surface area (Å²) >= 11 is 0. The molecule has 1 atom stereocenters. The lowest BCUT2D eigenvalue weighted by Crippen LogP contribution is -2.46. The number of rotatable bonds is 8. The van der Waals surface area contributed by atoms with E-state index in [1.165, 1.54) is 19.3 Å². The van der Waals surface area contributed by atoms with Gasteiger partial charge in [-0.15, -0.1) is 0 Å². The maximum atomic E-state index is 11.5. The molecule has 0 spiro atoms. The lowest BCUT2D eigenvalue weighted by molar-refractivity contribution is -0.139. The Morgan fingerprint density at radius 2 is 2.00 bits per heavy atom. The quantitative estimate of drug-likeness (QED) is 0.595. The van der Waals surface area contributed by atoms with Crippen molar-refractivity contribution in [1.82, 2.24) is 10.6 Å². The van der Waals surface area contributed by atoms with Crippen LogP contribution in [-0.2, 0) is 9.53 Å². The van der Waals surface area contributed by atoms with Crippen LogP contribution >= 0.6 is 0 Å². The Morgan fingerprint density at radius 1 is 1.30 bits per heavy atom. The molecule has 116 valence electrons. The van der Waals surface area contributed by atoms with Crippen LogP contribution in [0.4, 0.5) is 4.79 Å². The minimum Gasteiger partial charge on any atom is -0.480 e. The first-order chi connectivity index (χ1) is 9.63. The van der Waals surface area contributed by atoms with E-state index in [9.17, 15) is 9.59 Å². The second kappa shape index (κ2) is 9.58. The molecule has 1 aliphatic rings. The summed E-state index contributed by atoms with van der Waals surface area (Å²) in [7, 11) is 0. The Morgan fingerprint density at radius 3 is 2.60 bits per heavy atom. The molecule has 1 aliphatic carbocycles. The van der Waals surface area contributed by atoms with Gasteiger partial charge in [0.15, 0.2) is 0 Å². The second-order valence-corrected chi connectivity index (χ2v) is 5.21. The summed E-state index contributed by atoms with van der Waals surface area (Å²) < 4.78 is 5.67. The summed E-state index contributed by atoms with van der Waals surface area (Å²) in [5.41, 5.74) is 0. The monoisotopic (exact) mass is 286 g/mol. The molecule has 0 heterocycles. The standard InChI is InChI=1S/C14H26N2O4/c1-2-6-12(13(17)18)16-14(19)15-9-10-20-11-7-4-3-5-8-11/h11-12H,2-10H2,1H3,(H,17,18)(H2,15,16,19). The Labute approximate surface area is 120 Å². The minimum absolute atomic E-state index is 0.320. The normalized spacial score (nSPS) is 17.4. The molecule has 20 heavy (non-hydrogen) atoms. The molecular weight excluding hydrogens is 260 g/mol. The number of nitrogens with one attached hydrogen (secondary N) is 2. The van der Waals surface area contributed by atoms with Crippen molar-refractivity contribution in [1.29, 1.82) is 0 Å². The predicted molar refractivity (Wildman–Crippen MR) is 75.7 cm³/mol. The topological polar surface area (TPSA) is 87.7 Å². The fourth-order valence-corrected chi connectivity index (χ4v) is 2.38. The van der Waals surface area contributed by atoms with Crippen molar-refractivity contribution in [3.05, 3.63) is 0 Å². The largest absolute Gasteiger partial charge is 0.480 e. The molecule has 2 amide bonds. The molecule has 0 aromatic heterocycles. The SMILES string of the molecule is CCCC(NC(=O)NCCOC1CCCCC1)C(=O)O. The van der Waals surface area contributed by atoms with Crippen LogP contribution in [-0.4, -0.2) is 42.4 Å². The maximum Gasteiger partial charge on any atom is 0.326 e. The van der Waals surface area contributed by atoms with Crippen molar-refractivity contribution in [2.45, 2.75) is 64.0 Å². The number of carboxylic acids is 1. The highest BCUT2D eigenvalue weighted by atomic mass is 16.5. The van der Waals surface area contributed by atoms with Crippen LogP contribution < -0.4 is 10.6 Å². The van der Waals surface area contributed by atoms with Crippen molar-refractivity contribution < 1.29 is 19.4 Å². The number of aliphatic carboxylic acids is 1. The van der Waals surface area contributed by atoms with Gasteiger partial charge in [-0.3, -0.25) is 0 Å². The van der Waals surface area contributed by atoms with Crippen LogP contribution in [0.25, 0.3) is 0 Å². The fourth-order valence-electron chi connectivity index (χ4n) is 2.38. The molecule has 0 aromatic rings. The van der Waals surface area contributed by atoms with Gasteiger partial charge in [-0.1, -0.05) is 32.6 Å². The zero-order valence-electron chi connectivity index (χ0n) is 12.2. The van der Waals surface area contributed by atoms with Gasteiger partial charge < -0.3 is 20.5 Å². The average molecular weight is 286 g/mol. The third kappa shape index (κ3) is 6.75. The Kier molecular flexibility index (Phi) is 8.02. The molecule has 0 aliphatic heterocycles. The molecule has 6 heteroatoms. The van der Waals surface area contributed by atoms with Gasteiger partial charge in [0.25, 0.3) is 0 Å². The number of carbonyl (C=O) groups is 2. The molecule has 0 radical (unpaired) electrons. The number of urea groups is 1. The highest BCUT2D eigenvalue weighted by Crippen LogP contribution is 2.19. The molecular formula is C14H26N2O4. The molecule has 1 saturated carbocycles. The summed E-state index contributed by atoms with van der Waals surface area (Å²) in [6.07, 6.45) is 7.39. The van der Waals surface area contributed by atoms with E-state index in [4.69, 9.17) is 9.84 Å². The third-order valence-corrected chi connectivity index (χ3v) is 3.47. The highest BCUT2D eigenvalue weighted by molar-refractivity contribution is 5.82. The van der Waals surface area contributed by atoms with E-state index in [0.717, 1.165) is 12.8 Å². The summed E-state index contributed by atoms with van der Waals surface area (Å²) in [6, 6.07) is -1.27. The van der Waals surface area contributed by atoms with Crippen molar-refractivity contribution in [2.24, 2.45) is 0 Å². The molecule has 0 aromatic carbocycles. The third-order valence-electron chi connectivity index (χ3n) is 3.47. The molecule has 1 fully saturated rings. The number of hydrogen-bond donors (Lipinski definition) is 3. The molecule has 1 unspecified atom stereocenters. The summed E-state index contributed by atoms with van der Waals surface area (Å²) in [4.78, 5) is 22.4. The van der Waals surface area contributed by atoms with Crippen LogP contribution in [0.2, 0.25) is 0 Å². The first-order valence-corrected chi connectivity index (χ1v) is 7.52. The van der Waals surface area contributed by atoms with E-state index in [0.29, 0.717) is 32.1 Å². The lowest BCUT2D eigenvalue weighted by atomic mass is 9.98. The first kappa shape index (κ1) is 16.8. The van der Waals surface area contributed by atoms with Crippen molar-refractivity contribution in [2.75, 3.05) is 13.2 Å². The van der Waals surface area contributed by atoms with E-state index in [-0.39, 0.29) is 0 Å². The van der Waals surface area contributed by atoms with Gasteiger partial charge >= 0.3 is 12.0 Å². The molecule has 0 saturated heterocycles. The van der Waals surface area contributed by atoms with Crippen LogP contribution in [0.15, 0.2) is 0 Å². The zero-order valence-corrected chi connectivity index (χ0v) is 12.2. The van der Waals surface area contributed by atoms with Crippen LogP contribution in [0, 0.1) is 0 Å². The number of carbonyl (C=O) groups excluding carboxylic acids is 1. The van der Waals surface area contributed by atoms with Gasteiger partial charge in [-0.2, -0.15) is 0 Å². The molecule has 0 bridgehead atoms. The van der Waals surface area contributed by atoms with E-state index in [1.807, 2.05) is 6.92 Å². The first-order valence-electron chi connectivity index (χ1n) is 7.52. The fraction of sp³-hybridized carbons (Fsp3) is 0.857. The van der Waals surface area contributed by atoms with E-state index in [1.54, 1.807) is 0 Å². The zero-order chi connectivity index (χ0) is 14.8. The number of ether oxygens (including phenoxy) is 1. The van der Waals surface area contributed by atoms with E-state index in [2.05, 4.69) is 10.6 Å². The van der Waals surface area contributed by atoms with Gasteiger partial charge in [0, 0.05) is 6.54 Å². The molecule has 1 rings (SSSR count). The van der Waals surface area contributed by atoms with Gasteiger partial charge in [0.2, 0.25) is 0 Å². The predicted octanol–water partition coefficient (Wildman–Crippen LogP) is 1.89. The van der Waals surface area contributed by atoms with Gasteiger partial charge in [-0.25, -0.2) is 9.59 Å². The minimum atomic E-state index is -1.000. The Balaban J connectivity index is 2.10. The summed E-state index contributed by atoms with van der Waals surface area (Å²) in [6.45, 7) is 2.76. The maximum absolute atomic E-state index is 11.5. The van der Waals surface area contributed by atoms with E-state index >= 15 is 0 Å². The molecule has 3 N–H and O–H groups in total. The smallest absolute Gasteiger partial charge is 0.326 e. The van der Waals surface area contributed by atoms with Gasteiger partial charge in [0.1, 0.15) is 6.04 Å². The number of hydrogen-bond acceptors (Lipinski definition) is 3. The van der Waals surface area contributed by atoms with Gasteiger partial charge in [-0.05, 0) is 19.3 Å². The number of carboxylic acid groups (broad SMARTS) is 1. The molecule has 6 nitrogen and oxygen atoms in total. The Hall–Kier alpha value is -1.30. The van der Waals surface area contributed by atoms with Crippen LogP contribution in [0.3, 0.4) is 0 Å². The Bertz CT molecular complexity index is 304.